The largest absolute Gasteiger partial charge is 0.352 e. The van der Waals surface area contributed by atoms with Crippen LogP contribution >= 0.6 is 11.3 Å². The predicted molar refractivity (Wildman–Crippen MR) is 134 cm³/mol. The highest BCUT2D eigenvalue weighted by Crippen LogP contribution is 2.35. The Morgan fingerprint density at radius 2 is 1.82 bits per heavy atom. The van der Waals surface area contributed by atoms with E-state index in [-0.39, 0.29) is 5.92 Å². The molecule has 0 spiro atoms. The van der Waals surface area contributed by atoms with Gasteiger partial charge in [0.15, 0.2) is 0 Å². The average molecular weight is 476 g/mol. The highest BCUT2D eigenvalue weighted by molar-refractivity contribution is 7.18. The van der Waals surface area contributed by atoms with Crippen LogP contribution in [0.1, 0.15) is 31.1 Å². The number of benzene rings is 1. The minimum absolute atomic E-state index is 0.0652. The van der Waals surface area contributed by atoms with Gasteiger partial charge in [0.25, 0.3) is 0 Å². The molecule has 1 aliphatic heterocycles. The molecule has 34 heavy (non-hydrogen) atoms. The Kier molecular flexibility index (Phi) is 5.64. The van der Waals surface area contributed by atoms with Crippen molar-refractivity contribution >= 4 is 44.3 Å². The zero-order valence-electron chi connectivity index (χ0n) is 19.4. The molecule has 1 aliphatic carbocycles. The zero-order valence-corrected chi connectivity index (χ0v) is 20.2. The van der Waals surface area contributed by atoms with Crippen LogP contribution in [-0.2, 0) is 17.8 Å². The summed E-state index contributed by atoms with van der Waals surface area (Å²) >= 11 is 1.75. The molecule has 4 heterocycles. The topological polar surface area (TPSA) is 80.0 Å². The summed E-state index contributed by atoms with van der Waals surface area (Å²) in [6.07, 6.45) is 5.80. The Bertz CT molecular complexity index is 1290. The summed E-state index contributed by atoms with van der Waals surface area (Å²) in [4.78, 5) is 31.1. The lowest BCUT2D eigenvalue weighted by atomic mass is 9.94. The SMILES string of the molecule is CCc1cc2c(N3CCN(C(=O)[C@@H]4CCC[C@H]4Cn4nc5ccccc5n4)CC3)ncnc2s1. The first-order valence-electron chi connectivity index (χ1n) is 12.3. The first-order valence-corrected chi connectivity index (χ1v) is 13.1. The van der Waals surface area contributed by atoms with E-state index < -0.39 is 0 Å². The maximum absolute atomic E-state index is 13.5. The molecule has 1 amide bonds. The van der Waals surface area contributed by atoms with Gasteiger partial charge in [0.2, 0.25) is 5.91 Å². The number of hydrogen-bond donors (Lipinski definition) is 0. The van der Waals surface area contributed by atoms with Crippen molar-refractivity contribution in [2.24, 2.45) is 11.8 Å². The number of fused-ring (bicyclic) bond motifs is 2. The first-order chi connectivity index (χ1) is 16.7. The molecule has 3 aromatic heterocycles. The van der Waals surface area contributed by atoms with Gasteiger partial charge in [-0.2, -0.15) is 15.0 Å². The molecule has 2 fully saturated rings. The standard InChI is InChI=1S/C25H29N7OS/c1-2-18-14-20-23(26-16-27-24(20)34-18)30-10-12-31(13-11-30)25(33)19-7-5-6-17(19)15-32-28-21-8-3-4-9-22(21)29-32/h3-4,8-9,14,16-17,19H,2,5-7,10-13,15H2,1H3/t17-,19+/m0/s1. The van der Waals surface area contributed by atoms with E-state index in [4.69, 9.17) is 0 Å². The number of carbonyl (C=O) groups excluding carboxylic acids is 1. The van der Waals surface area contributed by atoms with Gasteiger partial charge >= 0.3 is 0 Å². The lowest BCUT2D eigenvalue weighted by Gasteiger charge is -2.37. The predicted octanol–water partition coefficient (Wildman–Crippen LogP) is 3.76. The van der Waals surface area contributed by atoms with E-state index in [1.165, 1.54) is 4.88 Å². The molecule has 1 saturated heterocycles. The van der Waals surface area contributed by atoms with Crippen molar-refractivity contribution in [3.8, 4) is 0 Å². The fraction of sp³-hybridized carbons (Fsp3) is 0.480. The monoisotopic (exact) mass is 475 g/mol. The van der Waals surface area contributed by atoms with Crippen LogP contribution in [0, 0.1) is 11.8 Å². The third-order valence-corrected chi connectivity index (χ3v) is 8.49. The number of rotatable bonds is 5. The number of amides is 1. The van der Waals surface area contributed by atoms with Gasteiger partial charge in [-0.1, -0.05) is 25.5 Å². The van der Waals surface area contributed by atoms with E-state index in [1.807, 2.05) is 24.3 Å². The minimum Gasteiger partial charge on any atom is -0.352 e. The molecule has 1 aromatic carbocycles. The second-order valence-electron chi connectivity index (χ2n) is 9.34. The molecule has 176 valence electrons. The maximum atomic E-state index is 13.5. The smallest absolute Gasteiger partial charge is 0.226 e. The molecule has 8 nitrogen and oxygen atoms in total. The molecule has 0 unspecified atom stereocenters. The van der Waals surface area contributed by atoms with E-state index in [2.05, 4.69) is 43.0 Å². The summed E-state index contributed by atoms with van der Waals surface area (Å²) in [5.74, 6) is 1.67. The highest BCUT2D eigenvalue weighted by Gasteiger charge is 2.37. The Labute approximate surface area is 202 Å². The number of aryl methyl sites for hydroxylation is 1. The number of carbonyl (C=O) groups is 1. The summed E-state index contributed by atoms with van der Waals surface area (Å²) in [6.45, 7) is 5.97. The normalized spacial score (nSPS) is 21.1. The van der Waals surface area contributed by atoms with Crippen molar-refractivity contribution in [2.45, 2.75) is 39.2 Å². The van der Waals surface area contributed by atoms with Crippen LogP contribution in [0.15, 0.2) is 36.7 Å². The number of aromatic nitrogens is 5. The van der Waals surface area contributed by atoms with Crippen LogP contribution in [0.4, 0.5) is 5.82 Å². The van der Waals surface area contributed by atoms with Gasteiger partial charge in [-0.05, 0) is 43.4 Å². The van der Waals surface area contributed by atoms with E-state index in [0.29, 0.717) is 18.4 Å². The molecule has 1 saturated carbocycles. The third kappa shape index (κ3) is 3.91. The number of hydrogen-bond acceptors (Lipinski definition) is 7. The summed E-state index contributed by atoms with van der Waals surface area (Å²) in [7, 11) is 0. The van der Waals surface area contributed by atoms with Crippen molar-refractivity contribution in [1.82, 2.24) is 29.9 Å². The maximum Gasteiger partial charge on any atom is 0.226 e. The summed E-state index contributed by atoms with van der Waals surface area (Å²) in [6, 6.07) is 10.2. The van der Waals surface area contributed by atoms with E-state index in [9.17, 15) is 4.79 Å². The van der Waals surface area contributed by atoms with Gasteiger partial charge in [-0.15, -0.1) is 11.3 Å². The Hall–Kier alpha value is -3.07. The summed E-state index contributed by atoms with van der Waals surface area (Å²) < 4.78 is 0. The number of piperazine rings is 1. The molecule has 0 N–H and O–H groups in total. The molecule has 0 radical (unpaired) electrons. The third-order valence-electron chi connectivity index (χ3n) is 7.30. The van der Waals surface area contributed by atoms with Gasteiger partial charge in [0.05, 0.1) is 11.9 Å². The minimum atomic E-state index is 0.0652. The Balaban J connectivity index is 1.12. The van der Waals surface area contributed by atoms with Crippen molar-refractivity contribution in [1.29, 1.82) is 0 Å². The lowest BCUT2D eigenvalue weighted by molar-refractivity contribution is -0.137. The second kappa shape index (κ2) is 8.94. The van der Waals surface area contributed by atoms with Gasteiger partial charge in [0, 0.05) is 37.0 Å². The van der Waals surface area contributed by atoms with Crippen molar-refractivity contribution in [3.05, 3.63) is 41.5 Å². The Morgan fingerprint density at radius 3 is 2.56 bits per heavy atom. The van der Waals surface area contributed by atoms with Gasteiger partial charge in [-0.3, -0.25) is 4.79 Å². The molecule has 9 heteroatoms. The van der Waals surface area contributed by atoms with Crippen molar-refractivity contribution in [2.75, 3.05) is 31.1 Å². The average Bonchev–Trinajstić information content (AvgIpc) is 3.61. The molecule has 2 aliphatic rings. The molecule has 6 rings (SSSR count). The molecular weight excluding hydrogens is 446 g/mol. The summed E-state index contributed by atoms with van der Waals surface area (Å²) in [5.41, 5.74) is 1.82. The number of nitrogens with zero attached hydrogens (tertiary/aromatic N) is 7. The van der Waals surface area contributed by atoms with Gasteiger partial charge < -0.3 is 9.80 Å². The highest BCUT2D eigenvalue weighted by atomic mass is 32.1. The molecule has 4 aromatic rings. The zero-order chi connectivity index (χ0) is 23.1. The van der Waals surface area contributed by atoms with Crippen LogP contribution in [-0.4, -0.2) is 61.9 Å². The molecular formula is C25H29N7OS. The quantitative estimate of drug-likeness (QED) is 0.437. The lowest BCUT2D eigenvalue weighted by Crippen LogP contribution is -2.51. The van der Waals surface area contributed by atoms with E-state index in [0.717, 1.165) is 78.9 Å². The fourth-order valence-electron chi connectivity index (χ4n) is 5.47. The van der Waals surface area contributed by atoms with Crippen LogP contribution in [0.3, 0.4) is 0 Å². The van der Waals surface area contributed by atoms with E-state index in [1.54, 1.807) is 22.5 Å². The first kappa shape index (κ1) is 21.5. The van der Waals surface area contributed by atoms with Gasteiger partial charge in [0.1, 0.15) is 28.0 Å². The van der Waals surface area contributed by atoms with Gasteiger partial charge in [-0.25, -0.2) is 9.97 Å². The van der Waals surface area contributed by atoms with Crippen LogP contribution < -0.4 is 4.90 Å². The molecule has 2 atom stereocenters. The van der Waals surface area contributed by atoms with Crippen LogP contribution in [0.25, 0.3) is 21.3 Å². The Morgan fingerprint density at radius 1 is 1.06 bits per heavy atom. The second-order valence-corrected chi connectivity index (χ2v) is 10.5. The number of thiophene rings is 1. The van der Waals surface area contributed by atoms with Crippen molar-refractivity contribution in [3.63, 3.8) is 0 Å². The summed E-state index contributed by atoms with van der Waals surface area (Å²) in [5, 5.41) is 10.4. The van der Waals surface area contributed by atoms with Crippen molar-refractivity contribution < 1.29 is 4.79 Å². The molecule has 0 bridgehead atoms. The van der Waals surface area contributed by atoms with Crippen LogP contribution in [0.2, 0.25) is 0 Å². The van der Waals surface area contributed by atoms with Crippen LogP contribution in [0.5, 0.6) is 0 Å². The fourth-order valence-corrected chi connectivity index (χ4v) is 6.40. The number of anilines is 1. The van der Waals surface area contributed by atoms with E-state index >= 15 is 0 Å².